The van der Waals surface area contributed by atoms with Crippen LogP contribution in [-0.4, -0.2) is 31.1 Å². The Morgan fingerprint density at radius 1 is 1.22 bits per heavy atom. The second-order valence-electron chi connectivity index (χ2n) is 5.66. The summed E-state index contributed by atoms with van der Waals surface area (Å²) < 4.78 is 0. The Kier molecular flexibility index (Phi) is 5.21. The number of aryl methyl sites for hydroxylation is 1. The molecule has 1 N–H and O–H groups in total. The molecular weight excluding hydrogens is 220 g/mol. The van der Waals surface area contributed by atoms with E-state index in [1.54, 1.807) is 0 Å². The number of rotatable bonds is 5. The van der Waals surface area contributed by atoms with Crippen LogP contribution in [0.3, 0.4) is 0 Å². The van der Waals surface area contributed by atoms with Crippen LogP contribution in [0.15, 0.2) is 24.3 Å². The molecule has 2 rings (SSSR count). The van der Waals surface area contributed by atoms with Crippen LogP contribution < -0.4 is 5.32 Å². The molecule has 0 aromatic heterocycles. The third-order valence-electron chi connectivity index (χ3n) is 3.84. The maximum absolute atomic E-state index is 3.62. The first-order valence-corrected chi connectivity index (χ1v) is 7.21. The van der Waals surface area contributed by atoms with Crippen molar-refractivity contribution >= 4 is 0 Å². The summed E-state index contributed by atoms with van der Waals surface area (Å²) in [6, 6.07) is 9.63. The molecule has 0 aliphatic carbocycles. The topological polar surface area (TPSA) is 15.3 Å². The van der Waals surface area contributed by atoms with Gasteiger partial charge in [-0.2, -0.15) is 0 Å². The molecule has 1 fully saturated rings. The van der Waals surface area contributed by atoms with Crippen molar-refractivity contribution in [1.29, 1.82) is 0 Å². The first-order chi connectivity index (χ1) is 8.74. The molecule has 1 aliphatic heterocycles. The van der Waals surface area contributed by atoms with Gasteiger partial charge in [-0.15, -0.1) is 0 Å². The van der Waals surface area contributed by atoms with Crippen molar-refractivity contribution < 1.29 is 0 Å². The summed E-state index contributed by atoms with van der Waals surface area (Å²) in [6.07, 6.45) is 5.40. The van der Waals surface area contributed by atoms with Gasteiger partial charge in [-0.05, 0) is 51.9 Å². The lowest BCUT2D eigenvalue weighted by Gasteiger charge is -2.26. The molecule has 0 bridgehead atoms. The fourth-order valence-electron chi connectivity index (χ4n) is 2.63. The van der Waals surface area contributed by atoms with Gasteiger partial charge < -0.3 is 10.2 Å². The zero-order valence-electron chi connectivity index (χ0n) is 11.8. The van der Waals surface area contributed by atoms with E-state index in [9.17, 15) is 0 Å². The molecule has 1 heterocycles. The van der Waals surface area contributed by atoms with E-state index in [4.69, 9.17) is 0 Å². The fraction of sp³-hybridized carbons (Fsp3) is 0.625. The molecule has 1 aliphatic rings. The second-order valence-corrected chi connectivity index (χ2v) is 5.66. The number of hydrogen-bond acceptors (Lipinski definition) is 2. The lowest BCUT2D eigenvalue weighted by molar-refractivity contribution is 0.282. The Morgan fingerprint density at radius 2 is 2.00 bits per heavy atom. The molecule has 1 unspecified atom stereocenters. The van der Waals surface area contributed by atoms with Gasteiger partial charge in [0.1, 0.15) is 0 Å². The standard InChI is InChI=1S/C16H26N2/c1-14-6-8-15(9-7-14)13-18(2)12-10-16-5-3-4-11-17-16/h6-9,16-17H,3-5,10-13H2,1-2H3. The normalized spacial score (nSPS) is 20.3. The zero-order valence-corrected chi connectivity index (χ0v) is 11.8. The molecule has 0 radical (unpaired) electrons. The van der Waals surface area contributed by atoms with Gasteiger partial charge in [0.25, 0.3) is 0 Å². The molecule has 1 aromatic rings. The van der Waals surface area contributed by atoms with Crippen LogP contribution in [0.4, 0.5) is 0 Å². The molecule has 18 heavy (non-hydrogen) atoms. The van der Waals surface area contributed by atoms with Gasteiger partial charge in [-0.1, -0.05) is 36.2 Å². The third kappa shape index (κ3) is 4.43. The van der Waals surface area contributed by atoms with E-state index in [1.165, 1.54) is 49.9 Å². The highest BCUT2D eigenvalue weighted by Gasteiger charge is 2.12. The van der Waals surface area contributed by atoms with Gasteiger partial charge in [0, 0.05) is 12.6 Å². The quantitative estimate of drug-likeness (QED) is 0.859. The molecule has 0 saturated carbocycles. The minimum absolute atomic E-state index is 0.749. The van der Waals surface area contributed by atoms with Crippen molar-refractivity contribution in [2.45, 2.75) is 45.2 Å². The van der Waals surface area contributed by atoms with Crippen molar-refractivity contribution in [1.82, 2.24) is 10.2 Å². The minimum atomic E-state index is 0.749. The second kappa shape index (κ2) is 6.91. The molecule has 1 atom stereocenters. The van der Waals surface area contributed by atoms with Crippen LogP contribution in [0, 0.1) is 6.92 Å². The first kappa shape index (κ1) is 13.6. The molecule has 1 saturated heterocycles. The average Bonchev–Trinajstić information content (AvgIpc) is 2.40. The van der Waals surface area contributed by atoms with Gasteiger partial charge in [0.05, 0.1) is 0 Å². The van der Waals surface area contributed by atoms with Gasteiger partial charge in [0.2, 0.25) is 0 Å². The van der Waals surface area contributed by atoms with Crippen molar-refractivity contribution in [2.75, 3.05) is 20.1 Å². The molecular formula is C16H26N2. The van der Waals surface area contributed by atoms with Gasteiger partial charge in [-0.25, -0.2) is 0 Å². The van der Waals surface area contributed by atoms with Gasteiger partial charge in [0.15, 0.2) is 0 Å². The Hall–Kier alpha value is -0.860. The maximum atomic E-state index is 3.62. The lowest BCUT2D eigenvalue weighted by Crippen LogP contribution is -2.36. The van der Waals surface area contributed by atoms with E-state index in [2.05, 4.69) is 48.5 Å². The summed E-state index contributed by atoms with van der Waals surface area (Å²) in [6.45, 7) is 5.60. The Labute approximate surface area is 111 Å². The number of hydrogen-bond donors (Lipinski definition) is 1. The van der Waals surface area contributed by atoms with Crippen LogP contribution in [0.5, 0.6) is 0 Å². The molecule has 0 amide bonds. The highest BCUT2D eigenvalue weighted by atomic mass is 15.1. The summed E-state index contributed by atoms with van der Waals surface area (Å²) in [4.78, 5) is 2.43. The predicted molar refractivity (Wildman–Crippen MR) is 77.8 cm³/mol. The predicted octanol–water partition coefficient (Wildman–Crippen LogP) is 2.96. The molecule has 100 valence electrons. The molecule has 2 nitrogen and oxygen atoms in total. The number of piperidine rings is 1. The SMILES string of the molecule is Cc1ccc(CN(C)CCC2CCCCN2)cc1. The molecule has 2 heteroatoms. The fourth-order valence-corrected chi connectivity index (χ4v) is 2.63. The largest absolute Gasteiger partial charge is 0.314 e. The third-order valence-corrected chi connectivity index (χ3v) is 3.84. The maximum Gasteiger partial charge on any atom is 0.0230 e. The summed E-state index contributed by atoms with van der Waals surface area (Å²) >= 11 is 0. The van der Waals surface area contributed by atoms with E-state index in [0.29, 0.717) is 0 Å². The monoisotopic (exact) mass is 246 g/mol. The number of benzene rings is 1. The van der Waals surface area contributed by atoms with Crippen LogP contribution in [0.1, 0.15) is 36.8 Å². The van der Waals surface area contributed by atoms with E-state index in [0.717, 1.165) is 12.6 Å². The van der Waals surface area contributed by atoms with Crippen molar-refractivity contribution in [3.63, 3.8) is 0 Å². The summed E-state index contributed by atoms with van der Waals surface area (Å²) in [7, 11) is 2.22. The number of nitrogens with one attached hydrogen (secondary N) is 1. The molecule has 1 aromatic carbocycles. The van der Waals surface area contributed by atoms with Gasteiger partial charge in [-0.3, -0.25) is 0 Å². The molecule has 0 spiro atoms. The Morgan fingerprint density at radius 3 is 2.67 bits per heavy atom. The van der Waals surface area contributed by atoms with Crippen molar-refractivity contribution in [3.05, 3.63) is 35.4 Å². The van der Waals surface area contributed by atoms with Gasteiger partial charge >= 0.3 is 0 Å². The first-order valence-electron chi connectivity index (χ1n) is 7.21. The lowest BCUT2D eigenvalue weighted by atomic mass is 10.0. The highest BCUT2D eigenvalue weighted by molar-refractivity contribution is 5.21. The summed E-state index contributed by atoms with van der Waals surface area (Å²) in [5, 5.41) is 3.62. The van der Waals surface area contributed by atoms with E-state index in [-0.39, 0.29) is 0 Å². The number of nitrogens with zero attached hydrogens (tertiary/aromatic N) is 1. The van der Waals surface area contributed by atoms with Crippen LogP contribution >= 0.6 is 0 Å². The van der Waals surface area contributed by atoms with Crippen LogP contribution in [0.25, 0.3) is 0 Å². The van der Waals surface area contributed by atoms with Crippen molar-refractivity contribution in [3.8, 4) is 0 Å². The summed E-state index contributed by atoms with van der Waals surface area (Å²) in [5.41, 5.74) is 2.76. The van der Waals surface area contributed by atoms with E-state index < -0.39 is 0 Å². The Bertz CT molecular complexity index is 339. The highest BCUT2D eigenvalue weighted by Crippen LogP contribution is 2.11. The van der Waals surface area contributed by atoms with Crippen LogP contribution in [0.2, 0.25) is 0 Å². The minimum Gasteiger partial charge on any atom is -0.314 e. The van der Waals surface area contributed by atoms with Crippen LogP contribution in [-0.2, 0) is 6.54 Å². The summed E-state index contributed by atoms with van der Waals surface area (Å²) in [5.74, 6) is 0. The van der Waals surface area contributed by atoms with E-state index in [1.807, 2.05) is 0 Å². The Balaban J connectivity index is 1.71. The van der Waals surface area contributed by atoms with Crippen molar-refractivity contribution in [2.24, 2.45) is 0 Å². The van der Waals surface area contributed by atoms with E-state index >= 15 is 0 Å². The zero-order chi connectivity index (χ0) is 12.8. The average molecular weight is 246 g/mol. The smallest absolute Gasteiger partial charge is 0.0230 e.